The van der Waals surface area contributed by atoms with E-state index < -0.39 is 6.04 Å². The highest BCUT2D eigenvalue weighted by Crippen LogP contribution is 2.38. The minimum Gasteiger partial charge on any atom is -0.497 e. The normalized spacial score (nSPS) is 16.8. The van der Waals surface area contributed by atoms with E-state index >= 15 is 0 Å². The Morgan fingerprint density at radius 1 is 0.966 bits per heavy atom. The van der Waals surface area contributed by atoms with Gasteiger partial charge in [0.05, 0.1) is 19.9 Å². The molecule has 29 heavy (non-hydrogen) atoms. The second-order valence-corrected chi connectivity index (χ2v) is 7.30. The highest BCUT2D eigenvalue weighted by molar-refractivity contribution is 7.08. The molecule has 1 aliphatic rings. The number of methoxy groups -OCH3 is 2. The fourth-order valence-electron chi connectivity index (χ4n) is 3.51. The van der Waals surface area contributed by atoms with Crippen molar-refractivity contribution < 1.29 is 19.1 Å². The van der Waals surface area contributed by atoms with Crippen LogP contribution in [0, 0.1) is 0 Å². The van der Waals surface area contributed by atoms with Crippen LogP contribution < -0.4 is 19.3 Å². The van der Waals surface area contributed by atoms with Crippen molar-refractivity contribution in [1.82, 2.24) is 0 Å². The van der Waals surface area contributed by atoms with Gasteiger partial charge in [-0.15, -0.1) is 0 Å². The first-order valence-electron chi connectivity index (χ1n) is 9.06. The quantitative estimate of drug-likeness (QED) is 0.643. The van der Waals surface area contributed by atoms with E-state index in [1.54, 1.807) is 55.5 Å². The monoisotopic (exact) mass is 408 g/mol. The standard InChI is InChI=1S/C22H20N2O4S/c1-27-17-9-7-16(8-10-17)24-20(25)13-23(18-5-3-4-6-19(18)28-2)22(26)21(24)15-11-12-29-14-15/h3-12,14,21H,13H2,1-2H3. The molecule has 3 aromatic rings. The summed E-state index contributed by atoms with van der Waals surface area (Å²) in [6.45, 7) is -0.0636. The minimum absolute atomic E-state index is 0.0636. The molecule has 4 rings (SSSR count). The number of nitrogens with zero attached hydrogens (tertiary/aromatic N) is 2. The third-order valence-corrected chi connectivity index (χ3v) is 5.61. The fraction of sp³-hybridized carbons (Fsp3) is 0.182. The first kappa shape index (κ1) is 19.0. The maximum absolute atomic E-state index is 13.6. The molecule has 0 bridgehead atoms. The number of para-hydroxylation sites is 2. The second kappa shape index (κ2) is 7.97. The van der Waals surface area contributed by atoms with Crippen molar-refractivity contribution in [3.63, 3.8) is 0 Å². The topological polar surface area (TPSA) is 59.1 Å². The van der Waals surface area contributed by atoms with E-state index in [2.05, 4.69) is 0 Å². The molecule has 1 unspecified atom stereocenters. The first-order chi connectivity index (χ1) is 14.1. The molecule has 1 aromatic heterocycles. The van der Waals surface area contributed by atoms with Gasteiger partial charge >= 0.3 is 0 Å². The smallest absolute Gasteiger partial charge is 0.255 e. The summed E-state index contributed by atoms with van der Waals surface area (Å²) in [7, 11) is 3.14. The first-order valence-corrected chi connectivity index (χ1v) is 10.0. The summed E-state index contributed by atoms with van der Waals surface area (Å²) in [6, 6.07) is 15.5. The number of thiophene rings is 1. The third-order valence-electron chi connectivity index (χ3n) is 4.91. The van der Waals surface area contributed by atoms with E-state index in [0.29, 0.717) is 22.9 Å². The molecule has 2 heterocycles. The van der Waals surface area contributed by atoms with E-state index in [1.807, 2.05) is 29.0 Å². The molecule has 0 saturated carbocycles. The Kier molecular flexibility index (Phi) is 5.22. The lowest BCUT2D eigenvalue weighted by Gasteiger charge is -2.40. The SMILES string of the molecule is COc1ccc(N2C(=O)CN(c3ccccc3OC)C(=O)C2c2ccsc2)cc1. The predicted molar refractivity (Wildman–Crippen MR) is 113 cm³/mol. The van der Waals surface area contributed by atoms with Crippen LogP contribution in [-0.2, 0) is 9.59 Å². The Bertz CT molecular complexity index is 1020. The van der Waals surface area contributed by atoms with Crippen LogP contribution in [0.25, 0.3) is 0 Å². The molecule has 6 nitrogen and oxygen atoms in total. The molecule has 0 spiro atoms. The van der Waals surface area contributed by atoms with Gasteiger partial charge in [0.2, 0.25) is 5.91 Å². The molecule has 0 radical (unpaired) electrons. The van der Waals surface area contributed by atoms with Crippen LogP contribution in [0.2, 0.25) is 0 Å². The predicted octanol–water partition coefficient (Wildman–Crippen LogP) is 3.89. The Morgan fingerprint density at radius 2 is 1.72 bits per heavy atom. The molecule has 148 valence electrons. The molecular formula is C22H20N2O4S. The van der Waals surface area contributed by atoms with Gasteiger partial charge in [-0.25, -0.2) is 0 Å². The zero-order chi connectivity index (χ0) is 20.4. The molecule has 7 heteroatoms. The van der Waals surface area contributed by atoms with Crippen LogP contribution in [0.1, 0.15) is 11.6 Å². The summed E-state index contributed by atoms with van der Waals surface area (Å²) >= 11 is 1.49. The van der Waals surface area contributed by atoms with Crippen LogP contribution >= 0.6 is 11.3 Å². The van der Waals surface area contributed by atoms with Crippen molar-refractivity contribution in [3.05, 3.63) is 70.9 Å². The molecule has 1 fully saturated rings. The Hall–Kier alpha value is -3.32. The number of carbonyl (C=O) groups is 2. The van der Waals surface area contributed by atoms with Crippen molar-refractivity contribution in [2.45, 2.75) is 6.04 Å². The highest BCUT2D eigenvalue weighted by atomic mass is 32.1. The Labute approximate surface area is 172 Å². The van der Waals surface area contributed by atoms with Crippen molar-refractivity contribution >= 4 is 34.5 Å². The molecule has 2 aromatic carbocycles. The molecule has 0 aliphatic carbocycles. The van der Waals surface area contributed by atoms with Gasteiger partial charge in [-0.05, 0) is 58.8 Å². The van der Waals surface area contributed by atoms with Gasteiger partial charge in [0.25, 0.3) is 5.91 Å². The van der Waals surface area contributed by atoms with E-state index in [9.17, 15) is 9.59 Å². The molecule has 1 aliphatic heterocycles. The van der Waals surface area contributed by atoms with Crippen LogP contribution in [0.4, 0.5) is 11.4 Å². The zero-order valence-electron chi connectivity index (χ0n) is 16.1. The Morgan fingerprint density at radius 3 is 2.38 bits per heavy atom. The van der Waals surface area contributed by atoms with Crippen molar-refractivity contribution in [2.75, 3.05) is 30.6 Å². The lowest BCUT2D eigenvalue weighted by atomic mass is 10.0. The van der Waals surface area contributed by atoms with Gasteiger partial charge in [-0.1, -0.05) is 12.1 Å². The highest BCUT2D eigenvalue weighted by Gasteiger charge is 2.42. The van der Waals surface area contributed by atoms with Crippen LogP contribution in [0.15, 0.2) is 65.4 Å². The van der Waals surface area contributed by atoms with Gasteiger partial charge in [-0.3, -0.25) is 19.4 Å². The fourth-order valence-corrected chi connectivity index (χ4v) is 4.19. The number of ether oxygens (including phenoxy) is 2. The lowest BCUT2D eigenvalue weighted by Crippen LogP contribution is -2.56. The number of benzene rings is 2. The maximum atomic E-state index is 13.6. The van der Waals surface area contributed by atoms with Crippen molar-refractivity contribution in [2.24, 2.45) is 0 Å². The van der Waals surface area contributed by atoms with Crippen molar-refractivity contribution in [1.29, 1.82) is 0 Å². The number of hydrogen-bond acceptors (Lipinski definition) is 5. The summed E-state index contributed by atoms with van der Waals surface area (Å²) in [5, 5.41) is 3.80. The molecule has 0 N–H and O–H groups in total. The minimum atomic E-state index is -0.749. The number of amides is 2. The summed E-state index contributed by atoms with van der Waals surface area (Å²) in [5.41, 5.74) is 2.02. The lowest BCUT2D eigenvalue weighted by molar-refractivity contribution is -0.128. The van der Waals surface area contributed by atoms with Gasteiger partial charge in [0.15, 0.2) is 0 Å². The number of hydrogen-bond donors (Lipinski definition) is 0. The van der Waals surface area contributed by atoms with Gasteiger partial charge in [-0.2, -0.15) is 11.3 Å². The van der Waals surface area contributed by atoms with Gasteiger partial charge in [0, 0.05) is 5.69 Å². The number of anilines is 2. The number of carbonyl (C=O) groups excluding carboxylic acids is 2. The van der Waals surface area contributed by atoms with Crippen LogP contribution in [0.3, 0.4) is 0 Å². The molecule has 1 saturated heterocycles. The van der Waals surface area contributed by atoms with Crippen LogP contribution in [0.5, 0.6) is 11.5 Å². The number of piperazine rings is 1. The van der Waals surface area contributed by atoms with Gasteiger partial charge in [0.1, 0.15) is 24.1 Å². The largest absolute Gasteiger partial charge is 0.497 e. The van der Waals surface area contributed by atoms with Gasteiger partial charge < -0.3 is 9.47 Å². The number of rotatable bonds is 5. The van der Waals surface area contributed by atoms with E-state index in [1.165, 1.54) is 16.2 Å². The van der Waals surface area contributed by atoms with Crippen molar-refractivity contribution in [3.8, 4) is 11.5 Å². The average Bonchev–Trinajstić information content (AvgIpc) is 3.29. The summed E-state index contributed by atoms with van der Waals surface area (Å²) in [4.78, 5) is 29.9. The second-order valence-electron chi connectivity index (χ2n) is 6.52. The summed E-state index contributed by atoms with van der Waals surface area (Å²) in [6.07, 6.45) is 0. The Balaban J connectivity index is 1.78. The molecular weight excluding hydrogens is 388 g/mol. The summed E-state index contributed by atoms with van der Waals surface area (Å²) < 4.78 is 10.6. The zero-order valence-corrected chi connectivity index (χ0v) is 16.9. The van der Waals surface area contributed by atoms with Crippen LogP contribution in [-0.4, -0.2) is 32.6 Å². The summed E-state index contributed by atoms with van der Waals surface area (Å²) in [5.74, 6) is 0.892. The maximum Gasteiger partial charge on any atom is 0.255 e. The van der Waals surface area contributed by atoms with E-state index in [4.69, 9.17) is 9.47 Å². The third kappa shape index (κ3) is 3.45. The molecule has 1 atom stereocenters. The van der Waals surface area contributed by atoms with E-state index in [-0.39, 0.29) is 18.4 Å². The average molecular weight is 408 g/mol. The van der Waals surface area contributed by atoms with E-state index in [0.717, 1.165) is 5.56 Å². The molecule has 2 amide bonds.